The molecular formula is C25H33N3O. The van der Waals surface area contributed by atoms with Crippen LogP contribution in [0.15, 0.2) is 54.6 Å². The van der Waals surface area contributed by atoms with Gasteiger partial charge in [-0.05, 0) is 68.5 Å². The van der Waals surface area contributed by atoms with E-state index in [0.717, 1.165) is 37.3 Å². The Morgan fingerprint density at radius 2 is 1.41 bits per heavy atom. The van der Waals surface area contributed by atoms with Crippen molar-refractivity contribution in [3.05, 3.63) is 65.7 Å². The second-order valence-electron chi connectivity index (χ2n) is 8.34. The summed E-state index contributed by atoms with van der Waals surface area (Å²) in [4.78, 5) is 18.0. The Kier molecular flexibility index (Phi) is 6.83. The van der Waals surface area contributed by atoms with E-state index < -0.39 is 0 Å². The predicted octanol–water partition coefficient (Wildman–Crippen LogP) is 4.52. The molecule has 154 valence electrons. The van der Waals surface area contributed by atoms with Crippen molar-refractivity contribution < 1.29 is 4.79 Å². The summed E-state index contributed by atoms with van der Waals surface area (Å²) in [5.74, 6) is 0.109. The van der Waals surface area contributed by atoms with Crippen LogP contribution >= 0.6 is 0 Å². The van der Waals surface area contributed by atoms with E-state index in [1.165, 1.54) is 44.2 Å². The molecule has 0 radical (unpaired) electrons. The molecule has 0 aromatic heterocycles. The third-order valence-electron chi connectivity index (χ3n) is 6.24. The molecule has 2 fully saturated rings. The van der Waals surface area contributed by atoms with Crippen molar-refractivity contribution in [1.29, 1.82) is 0 Å². The molecule has 0 aliphatic carbocycles. The summed E-state index contributed by atoms with van der Waals surface area (Å²) < 4.78 is 0. The lowest BCUT2D eigenvalue weighted by Gasteiger charge is -2.34. The molecule has 0 saturated carbocycles. The van der Waals surface area contributed by atoms with E-state index in [1.54, 1.807) is 0 Å². The van der Waals surface area contributed by atoms with Crippen molar-refractivity contribution in [2.45, 2.75) is 51.1 Å². The summed E-state index contributed by atoms with van der Waals surface area (Å²) in [6, 6.07) is 18.7. The molecule has 2 aromatic carbocycles. The number of carbonyl (C=O) groups excluding carboxylic acids is 1. The number of carbonyl (C=O) groups is 1. The number of benzene rings is 2. The third kappa shape index (κ3) is 5.18. The van der Waals surface area contributed by atoms with Crippen molar-refractivity contribution in [1.82, 2.24) is 10.2 Å². The summed E-state index contributed by atoms with van der Waals surface area (Å²) in [5.41, 5.74) is 3.55. The molecular weight excluding hydrogens is 358 g/mol. The molecule has 1 N–H and O–H groups in total. The molecule has 0 spiro atoms. The van der Waals surface area contributed by atoms with E-state index in [9.17, 15) is 4.79 Å². The predicted molar refractivity (Wildman–Crippen MR) is 119 cm³/mol. The minimum atomic E-state index is -0.191. The van der Waals surface area contributed by atoms with Gasteiger partial charge in [-0.3, -0.25) is 9.69 Å². The Morgan fingerprint density at radius 3 is 2.07 bits per heavy atom. The van der Waals surface area contributed by atoms with Crippen LogP contribution in [0.2, 0.25) is 0 Å². The number of nitrogens with one attached hydrogen (secondary N) is 1. The zero-order chi connectivity index (χ0) is 19.9. The molecule has 2 aromatic rings. The first-order valence-electron chi connectivity index (χ1n) is 11.2. The maximum atomic E-state index is 13.2. The van der Waals surface area contributed by atoms with Crippen molar-refractivity contribution >= 4 is 11.6 Å². The van der Waals surface area contributed by atoms with Gasteiger partial charge in [0.2, 0.25) is 5.91 Å². The van der Waals surface area contributed by atoms with Gasteiger partial charge in [0.15, 0.2) is 0 Å². The zero-order valence-corrected chi connectivity index (χ0v) is 17.4. The van der Waals surface area contributed by atoms with Gasteiger partial charge in [-0.15, -0.1) is 0 Å². The smallest absolute Gasteiger partial charge is 0.242 e. The fraction of sp³-hybridized carbons (Fsp3) is 0.480. The Morgan fingerprint density at radius 1 is 0.793 bits per heavy atom. The number of hydrogen-bond donors (Lipinski definition) is 1. The Labute approximate surface area is 174 Å². The number of likely N-dealkylation sites (tertiary alicyclic amines) is 1. The van der Waals surface area contributed by atoms with Crippen molar-refractivity contribution in [3.8, 4) is 0 Å². The molecule has 4 nitrogen and oxygen atoms in total. The SMILES string of the molecule is O=C(NCc1ccc(N2CCCCC2)cc1)[C@H](c1ccccc1)N1CCCCC1. The molecule has 2 aliphatic rings. The highest BCUT2D eigenvalue weighted by Gasteiger charge is 2.28. The largest absolute Gasteiger partial charge is 0.372 e. The van der Waals surface area contributed by atoms with Gasteiger partial charge in [0.05, 0.1) is 0 Å². The zero-order valence-electron chi connectivity index (χ0n) is 17.4. The van der Waals surface area contributed by atoms with Crippen LogP contribution in [0.5, 0.6) is 0 Å². The van der Waals surface area contributed by atoms with Gasteiger partial charge in [-0.2, -0.15) is 0 Å². The van der Waals surface area contributed by atoms with Crippen LogP contribution in [-0.2, 0) is 11.3 Å². The monoisotopic (exact) mass is 391 g/mol. The Bertz CT molecular complexity index is 762. The Balaban J connectivity index is 1.39. The highest BCUT2D eigenvalue weighted by Crippen LogP contribution is 2.25. The first kappa shape index (κ1) is 20.0. The van der Waals surface area contributed by atoms with Crippen molar-refractivity contribution in [3.63, 3.8) is 0 Å². The molecule has 4 heteroatoms. The summed E-state index contributed by atoms with van der Waals surface area (Å²) in [6.07, 6.45) is 7.54. The van der Waals surface area contributed by atoms with E-state index in [2.05, 4.69) is 51.5 Å². The van der Waals surface area contributed by atoms with Crippen LogP contribution in [0.25, 0.3) is 0 Å². The highest BCUT2D eigenvalue weighted by molar-refractivity contribution is 5.83. The first-order valence-corrected chi connectivity index (χ1v) is 11.2. The van der Waals surface area contributed by atoms with Crippen LogP contribution in [0.1, 0.15) is 55.7 Å². The van der Waals surface area contributed by atoms with Crippen molar-refractivity contribution in [2.75, 3.05) is 31.1 Å². The molecule has 1 atom stereocenters. The fourth-order valence-corrected chi connectivity index (χ4v) is 4.60. The number of piperidine rings is 2. The lowest BCUT2D eigenvalue weighted by atomic mass is 10.0. The fourth-order valence-electron chi connectivity index (χ4n) is 4.60. The van der Waals surface area contributed by atoms with E-state index >= 15 is 0 Å². The molecule has 2 aliphatic heterocycles. The number of rotatable bonds is 6. The highest BCUT2D eigenvalue weighted by atomic mass is 16.2. The average Bonchev–Trinajstić information content (AvgIpc) is 2.80. The van der Waals surface area contributed by atoms with E-state index in [0.29, 0.717) is 6.54 Å². The summed E-state index contributed by atoms with van der Waals surface area (Å²) >= 11 is 0. The lowest BCUT2D eigenvalue weighted by molar-refractivity contribution is -0.127. The van der Waals surface area contributed by atoms with E-state index in [-0.39, 0.29) is 11.9 Å². The van der Waals surface area contributed by atoms with Gasteiger partial charge in [-0.25, -0.2) is 0 Å². The molecule has 4 rings (SSSR count). The minimum Gasteiger partial charge on any atom is -0.372 e. The van der Waals surface area contributed by atoms with Gasteiger partial charge in [0, 0.05) is 25.3 Å². The lowest BCUT2D eigenvalue weighted by Crippen LogP contribution is -2.42. The van der Waals surface area contributed by atoms with E-state index in [1.807, 2.05) is 18.2 Å². The topological polar surface area (TPSA) is 35.6 Å². The van der Waals surface area contributed by atoms with Crippen LogP contribution in [0, 0.1) is 0 Å². The minimum absolute atomic E-state index is 0.109. The second kappa shape index (κ2) is 9.93. The third-order valence-corrected chi connectivity index (χ3v) is 6.24. The van der Waals surface area contributed by atoms with Crippen molar-refractivity contribution in [2.24, 2.45) is 0 Å². The van der Waals surface area contributed by atoms with Crippen LogP contribution in [0.3, 0.4) is 0 Å². The second-order valence-corrected chi connectivity index (χ2v) is 8.34. The average molecular weight is 392 g/mol. The molecule has 1 amide bonds. The molecule has 2 saturated heterocycles. The molecule has 29 heavy (non-hydrogen) atoms. The van der Waals surface area contributed by atoms with E-state index in [4.69, 9.17) is 0 Å². The quantitative estimate of drug-likeness (QED) is 0.786. The normalized spacial score (nSPS) is 19.0. The summed E-state index contributed by atoms with van der Waals surface area (Å²) in [7, 11) is 0. The van der Waals surface area contributed by atoms with Gasteiger partial charge in [-0.1, -0.05) is 48.9 Å². The first-order chi connectivity index (χ1) is 14.3. The van der Waals surface area contributed by atoms with Crippen LogP contribution in [0.4, 0.5) is 5.69 Å². The summed E-state index contributed by atoms with van der Waals surface area (Å²) in [6.45, 7) is 4.89. The Hall–Kier alpha value is -2.33. The number of hydrogen-bond acceptors (Lipinski definition) is 3. The molecule has 0 unspecified atom stereocenters. The summed E-state index contributed by atoms with van der Waals surface area (Å²) in [5, 5.41) is 3.20. The maximum absolute atomic E-state index is 13.2. The van der Waals surface area contributed by atoms with Gasteiger partial charge in [0.25, 0.3) is 0 Å². The van der Waals surface area contributed by atoms with Crippen LogP contribution in [-0.4, -0.2) is 37.0 Å². The molecule has 2 heterocycles. The van der Waals surface area contributed by atoms with Gasteiger partial charge in [0.1, 0.15) is 6.04 Å². The number of anilines is 1. The maximum Gasteiger partial charge on any atom is 0.242 e. The van der Waals surface area contributed by atoms with Gasteiger partial charge < -0.3 is 10.2 Å². The van der Waals surface area contributed by atoms with Gasteiger partial charge >= 0.3 is 0 Å². The molecule has 0 bridgehead atoms. The number of nitrogens with zero attached hydrogens (tertiary/aromatic N) is 2. The number of amides is 1. The standard InChI is InChI=1S/C25H33N3O/c29-25(24(22-10-4-1-5-11-22)28-18-8-3-9-19-28)26-20-21-12-14-23(15-13-21)27-16-6-2-7-17-27/h1,4-5,10-15,24H,2-3,6-9,16-20H2,(H,26,29)/t24-/m0/s1. The van der Waals surface area contributed by atoms with Crippen LogP contribution < -0.4 is 10.2 Å².